The highest BCUT2D eigenvalue weighted by atomic mass is 19.1. The van der Waals surface area contributed by atoms with E-state index in [1.165, 1.54) is 12.1 Å². The molecule has 0 bridgehead atoms. The molecule has 0 saturated carbocycles. The Morgan fingerprint density at radius 3 is 2.81 bits per heavy atom. The second-order valence-corrected chi connectivity index (χ2v) is 3.28. The molecule has 1 aromatic heterocycles. The van der Waals surface area contributed by atoms with Crippen molar-refractivity contribution in [2.24, 2.45) is 0 Å². The third-order valence-electron chi connectivity index (χ3n) is 2.18. The molecule has 0 aliphatic heterocycles. The standard InChI is InChI=1S/C12H8FN3/c13-10-5-8(7-14)4-9(6-10)11-2-1-3-16-12(11)15/h1-6H,(H2,15,16). The van der Waals surface area contributed by atoms with Gasteiger partial charge in [0.2, 0.25) is 0 Å². The van der Waals surface area contributed by atoms with E-state index < -0.39 is 5.82 Å². The number of pyridine rings is 1. The van der Waals surface area contributed by atoms with E-state index >= 15 is 0 Å². The van der Waals surface area contributed by atoms with Gasteiger partial charge in [-0.25, -0.2) is 9.37 Å². The van der Waals surface area contributed by atoms with E-state index in [0.29, 0.717) is 16.9 Å². The molecule has 0 spiro atoms. The Morgan fingerprint density at radius 2 is 2.12 bits per heavy atom. The predicted octanol–water partition coefficient (Wildman–Crippen LogP) is 2.34. The van der Waals surface area contributed by atoms with Gasteiger partial charge < -0.3 is 5.73 Å². The lowest BCUT2D eigenvalue weighted by atomic mass is 10.0. The second-order valence-electron chi connectivity index (χ2n) is 3.28. The first-order valence-corrected chi connectivity index (χ1v) is 4.62. The van der Waals surface area contributed by atoms with Crippen LogP contribution in [0.4, 0.5) is 10.2 Å². The van der Waals surface area contributed by atoms with Crippen molar-refractivity contribution in [3.05, 3.63) is 47.9 Å². The quantitative estimate of drug-likeness (QED) is 0.790. The molecule has 0 amide bonds. The van der Waals surface area contributed by atoms with E-state index in [0.717, 1.165) is 0 Å². The first kappa shape index (κ1) is 10.1. The van der Waals surface area contributed by atoms with Crippen molar-refractivity contribution in [2.45, 2.75) is 0 Å². The molecule has 0 unspecified atom stereocenters. The van der Waals surface area contributed by atoms with Crippen molar-refractivity contribution >= 4 is 5.82 Å². The monoisotopic (exact) mass is 213 g/mol. The largest absolute Gasteiger partial charge is 0.383 e. The van der Waals surface area contributed by atoms with Crippen LogP contribution >= 0.6 is 0 Å². The number of nitrogens with two attached hydrogens (primary N) is 1. The molecule has 1 aromatic carbocycles. The van der Waals surface area contributed by atoms with E-state index in [4.69, 9.17) is 11.0 Å². The highest BCUT2D eigenvalue weighted by Gasteiger charge is 2.06. The maximum Gasteiger partial charge on any atom is 0.131 e. The van der Waals surface area contributed by atoms with Gasteiger partial charge in [-0.05, 0) is 35.9 Å². The average Bonchev–Trinajstić information content (AvgIpc) is 2.28. The van der Waals surface area contributed by atoms with E-state index in [-0.39, 0.29) is 5.56 Å². The van der Waals surface area contributed by atoms with Crippen molar-refractivity contribution in [2.75, 3.05) is 5.73 Å². The number of hydrogen-bond donors (Lipinski definition) is 1. The van der Waals surface area contributed by atoms with Gasteiger partial charge in [0.1, 0.15) is 11.6 Å². The van der Waals surface area contributed by atoms with Crippen molar-refractivity contribution < 1.29 is 4.39 Å². The first-order chi connectivity index (χ1) is 7.70. The minimum absolute atomic E-state index is 0.262. The minimum Gasteiger partial charge on any atom is -0.383 e. The summed E-state index contributed by atoms with van der Waals surface area (Å²) in [5.74, 6) is -0.144. The number of halogens is 1. The van der Waals surface area contributed by atoms with Gasteiger partial charge in [-0.15, -0.1) is 0 Å². The number of benzene rings is 1. The summed E-state index contributed by atoms with van der Waals surface area (Å²) in [6.07, 6.45) is 1.56. The van der Waals surface area contributed by atoms with Crippen LogP contribution in [-0.2, 0) is 0 Å². The van der Waals surface area contributed by atoms with Gasteiger partial charge in [0.05, 0.1) is 11.6 Å². The molecule has 78 valence electrons. The number of aromatic nitrogens is 1. The number of nitriles is 1. The molecule has 2 N–H and O–H groups in total. The van der Waals surface area contributed by atoms with Crippen LogP contribution in [0.2, 0.25) is 0 Å². The molecule has 16 heavy (non-hydrogen) atoms. The Kier molecular flexibility index (Phi) is 2.52. The summed E-state index contributed by atoms with van der Waals surface area (Å²) in [5.41, 5.74) is 7.12. The van der Waals surface area contributed by atoms with Crippen LogP contribution in [-0.4, -0.2) is 4.98 Å². The third kappa shape index (κ3) is 1.84. The highest BCUT2D eigenvalue weighted by Crippen LogP contribution is 2.25. The number of anilines is 1. The molecular formula is C12H8FN3. The van der Waals surface area contributed by atoms with Crippen LogP contribution in [0.3, 0.4) is 0 Å². The Bertz CT molecular complexity index is 573. The van der Waals surface area contributed by atoms with E-state index in [1.807, 2.05) is 6.07 Å². The molecule has 0 atom stereocenters. The summed E-state index contributed by atoms with van der Waals surface area (Å²) in [5, 5.41) is 8.74. The lowest BCUT2D eigenvalue weighted by molar-refractivity contribution is 0.628. The summed E-state index contributed by atoms with van der Waals surface area (Å²) in [6.45, 7) is 0. The molecule has 4 heteroatoms. The van der Waals surface area contributed by atoms with Crippen LogP contribution in [0.5, 0.6) is 0 Å². The fourth-order valence-electron chi connectivity index (χ4n) is 1.47. The zero-order valence-corrected chi connectivity index (χ0v) is 8.31. The minimum atomic E-state index is -0.461. The van der Waals surface area contributed by atoms with Gasteiger partial charge in [-0.3, -0.25) is 0 Å². The Morgan fingerprint density at radius 1 is 1.31 bits per heavy atom. The summed E-state index contributed by atoms with van der Waals surface area (Å²) in [7, 11) is 0. The molecule has 2 rings (SSSR count). The highest BCUT2D eigenvalue weighted by molar-refractivity contribution is 5.74. The molecule has 1 heterocycles. The molecule has 0 fully saturated rings. The SMILES string of the molecule is N#Cc1cc(F)cc(-c2cccnc2N)c1. The molecule has 0 aliphatic rings. The van der Waals surface area contributed by atoms with Crippen LogP contribution in [0.1, 0.15) is 5.56 Å². The van der Waals surface area contributed by atoms with Crippen molar-refractivity contribution in [3.8, 4) is 17.2 Å². The zero-order valence-electron chi connectivity index (χ0n) is 8.31. The number of nitrogens with zero attached hydrogens (tertiary/aromatic N) is 2. The average molecular weight is 213 g/mol. The van der Waals surface area contributed by atoms with Crippen molar-refractivity contribution in [1.29, 1.82) is 5.26 Å². The van der Waals surface area contributed by atoms with Crippen molar-refractivity contribution in [1.82, 2.24) is 4.98 Å². The molecule has 0 saturated heterocycles. The molecule has 3 nitrogen and oxygen atoms in total. The van der Waals surface area contributed by atoms with Gasteiger partial charge in [0.15, 0.2) is 0 Å². The normalized spacial score (nSPS) is 9.75. The van der Waals surface area contributed by atoms with Crippen molar-refractivity contribution in [3.63, 3.8) is 0 Å². The van der Waals surface area contributed by atoms with Gasteiger partial charge in [0, 0.05) is 11.8 Å². The van der Waals surface area contributed by atoms with Gasteiger partial charge in [0.25, 0.3) is 0 Å². The smallest absolute Gasteiger partial charge is 0.131 e. The maximum absolute atomic E-state index is 13.2. The molecular weight excluding hydrogens is 205 g/mol. The lowest BCUT2D eigenvalue weighted by Crippen LogP contribution is -1.94. The van der Waals surface area contributed by atoms with E-state index in [2.05, 4.69) is 4.98 Å². The fraction of sp³-hybridized carbons (Fsp3) is 0. The van der Waals surface area contributed by atoms with Crippen LogP contribution in [0, 0.1) is 17.1 Å². The predicted molar refractivity (Wildman–Crippen MR) is 58.8 cm³/mol. The van der Waals surface area contributed by atoms with E-state index in [9.17, 15) is 4.39 Å². The van der Waals surface area contributed by atoms with Crippen LogP contribution in [0.25, 0.3) is 11.1 Å². The van der Waals surface area contributed by atoms with Gasteiger partial charge in [-0.2, -0.15) is 5.26 Å². The Labute approximate surface area is 92.0 Å². The second kappa shape index (κ2) is 3.99. The summed E-state index contributed by atoms with van der Waals surface area (Å²) in [6, 6.07) is 9.43. The number of nitrogen functional groups attached to an aromatic ring is 1. The fourth-order valence-corrected chi connectivity index (χ4v) is 1.47. The number of hydrogen-bond acceptors (Lipinski definition) is 3. The summed E-state index contributed by atoms with van der Waals surface area (Å²) in [4.78, 5) is 3.91. The maximum atomic E-state index is 13.2. The molecule has 0 aliphatic carbocycles. The van der Waals surface area contributed by atoms with Crippen LogP contribution < -0.4 is 5.73 Å². The molecule has 0 radical (unpaired) electrons. The Hall–Kier alpha value is -2.41. The lowest BCUT2D eigenvalue weighted by Gasteiger charge is -2.04. The zero-order chi connectivity index (χ0) is 11.5. The third-order valence-corrected chi connectivity index (χ3v) is 2.18. The Balaban J connectivity index is 2.61. The number of rotatable bonds is 1. The molecule has 2 aromatic rings. The van der Waals surface area contributed by atoms with E-state index in [1.54, 1.807) is 24.4 Å². The first-order valence-electron chi connectivity index (χ1n) is 4.62. The van der Waals surface area contributed by atoms with Gasteiger partial charge >= 0.3 is 0 Å². The summed E-state index contributed by atoms with van der Waals surface area (Å²) < 4.78 is 13.2. The topological polar surface area (TPSA) is 62.7 Å². The van der Waals surface area contributed by atoms with Crippen LogP contribution in [0.15, 0.2) is 36.5 Å². The van der Waals surface area contributed by atoms with Gasteiger partial charge in [-0.1, -0.05) is 0 Å². The summed E-state index contributed by atoms with van der Waals surface area (Å²) >= 11 is 0.